The normalized spacial score (nSPS) is 22.2. The van der Waals surface area contributed by atoms with Gasteiger partial charge in [0.25, 0.3) is 5.91 Å². The number of nitrogens with one attached hydrogen (secondary N) is 1. The summed E-state index contributed by atoms with van der Waals surface area (Å²) < 4.78 is 0. The lowest BCUT2D eigenvalue weighted by Crippen LogP contribution is -2.42. The molecule has 0 unspecified atom stereocenters. The maximum atomic E-state index is 12.0. The van der Waals surface area contributed by atoms with Gasteiger partial charge in [-0.05, 0) is 13.1 Å². The average Bonchev–Trinajstić information content (AvgIpc) is 2.69. The third-order valence-electron chi connectivity index (χ3n) is 3.56. The molecule has 1 N–H and O–H groups in total. The number of piperazine rings is 1. The predicted molar refractivity (Wildman–Crippen MR) is 72.1 cm³/mol. The molecule has 3 rings (SSSR count). The van der Waals surface area contributed by atoms with Crippen LogP contribution in [0.4, 0.5) is 5.69 Å². The summed E-state index contributed by atoms with van der Waals surface area (Å²) in [6, 6.07) is 7.85. The van der Waals surface area contributed by atoms with E-state index in [1.54, 1.807) is 0 Å². The summed E-state index contributed by atoms with van der Waals surface area (Å²) in [6.45, 7) is 4.06. The Labute approximate surface area is 107 Å². The molecule has 2 heterocycles. The van der Waals surface area contributed by atoms with Crippen LogP contribution in [0.5, 0.6) is 0 Å². The zero-order chi connectivity index (χ0) is 12.5. The minimum atomic E-state index is 0.00938. The summed E-state index contributed by atoms with van der Waals surface area (Å²) in [4.78, 5) is 16.5. The number of fused-ring (bicyclic) bond motifs is 1. The van der Waals surface area contributed by atoms with Gasteiger partial charge in [-0.2, -0.15) is 0 Å². The van der Waals surface area contributed by atoms with Crippen molar-refractivity contribution in [2.45, 2.75) is 0 Å². The van der Waals surface area contributed by atoms with Gasteiger partial charge in [0.15, 0.2) is 0 Å². The van der Waals surface area contributed by atoms with Gasteiger partial charge in [-0.25, -0.2) is 0 Å². The highest BCUT2D eigenvalue weighted by Crippen LogP contribution is 2.31. The van der Waals surface area contributed by atoms with Crippen LogP contribution in [-0.4, -0.2) is 48.9 Å². The van der Waals surface area contributed by atoms with Crippen LogP contribution in [0.2, 0.25) is 0 Å². The highest BCUT2D eigenvalue weighted by atomic mass is 16.2. The predicted octanol–water partition coefficient (Wildman–Crippen LogP) is 1.23. The van der Waals surface area contributed by atoms with Crippen molar-refractivity contribution in [1.82, 2.24) is 9.80 Å². The molecule has 0 saturated carbocycles. The molecule has 1 saturated heterocycles. The second-order valence-electron chi connectivity index (χ2n) is 4.88. The lowest BCUT2D eigenvalue weighted by molar-refractivity contribution is -0.110. The van der Waals surface area contributed by atoms with Crippen LogP contribution >= 0.6 is 0 Å². The van der Waals surface area contributed by atoms with Crippen molar-refractivity contribution < 1.29 is 4.79 Å². The fourth-order valence-corrected chi connectivity index (χ4v) is 2.40. The van der Waals surface area contributed by atoms with Gasteiger partial charge in [-0.3, -0.25) is 4.79 Å². The van der Waals surface area contributed by atoms with Crippen LogP contribution in [-0.2, 0) is 4.79 Å². The molecular weight excluding hydrogens is 226 g/mol. The van der Waals surface area contributed by atoms with Crippen molar-refractivity contribution in [2.75, 3.05) is 38.5 Å². The first-order valence-electron chi connectivity index (χ1n) is 6.29. The molecule has 4 nitrogen and oxygen atoms in total. The van der Waals surface area contributed by atoms with E-state index in [9.17, 15) is 4.79 Å². The van der Waals surface area contributed by atoms with E-state index in [0.29, 0.717) is 0 Å². The average molecular weight is 243 g/mol. The number of hydrogen-bond acceptors (Lipinski definition) is 3. The van der Waals surface area contributed by atoms with E-state index in [1.807, 2.05) is 30.5 Å². The summed E-state index contributed by atoms with van der Waals surface area (Å²) in [7, 11) is 2.13. The Morgan fingerprint density at radius 1 is 1.17 bits per heavy atom. The number of carbonyl (C=O) groups is 1. The molecule has 0 aromatic heterocycles. The monoisotopic (exact) mass is 243 g/mol. The number of para-hydroxylation sites is 1. The van der Waals surface area contributed by atoms with Crippen molar-refractivity contribution in [3.63, 3.8) is 0 Å². The van der Waals surface area contributed by atoms with E-state index >= 15 is 0 Å². The summed E-state index contributed by atoms with van der Waals surface area (Å²) >= 11 is 0. The minimum absolute atomic E-state index is 0.00938. The topological polar surface area (TPSA) is 35.6 Å². The maximum absolute atomic E-state index is 12.0. The number of rotatable bonds is 1. The Bertz CT molecular complexity index is 502. The van der Waals surface area contributed by atoms with Crippen LogP contribution < -0.4 is 5.32 Å². The van der Waals surface area contributed by atoms with E-state index in [2.05, 4.69) is 22.2 Å². The lowest BCUT2D eigenvalue weighted by Gasteiger charge is -2.31. The molecule has 0 aliphatic carbocycles. The fraction of sp³-hybridized carbons (Fsp3) is 0.357. The quantitative estimate of drug-likeness (QED) is 0.753. The molecular formula is C14H17N3O. The number of hydrogen-bond donors (Lipinski definition) is 1. The van der Waals surface area contributed by atoms with Gasteiger partial charge in [-0.1, -0.05) is 18.2 Å². The van der Waals surface area contributed by atoms with Gasteiger partial charge in [0.1, 0.15) is 0 Å². The Morgan fingerprint density at radius 3 is 2.67 bits per heavy atom. The third-order valence-corrected chi connectivity index (χ3v) is 3.56. The van der Waals surface area contributed by atoms with Crippen molar-refractivity contribution >= 4 is 17.2 Å². The number of amides is 1. The number of anilines is 1. The van der Waals surface area contributed by atoms with E-state index in [-0.39, 0.29) is 5.91 Å². The molecule has 1 amide bonds. The standard InChI is InChI=1S/C14H17N3O/c1-16-6-8-17(9-7-16)10-12-11-4-2-3-5-13(11)15-14(12)18/h2-5,10H,6-9H2,1H3,(H,15,18)/b12-10+. The Balaban J connectivity index is 1.86. The van der Waals surface area contributed by atoms with Gasteiger partial charge in [0.2, 0.25) is 0 Å². The number of benzene rings is 1. The molecule has 0 spiro atoms. The zero-order valence-electron chi connectivity index (χ0n) is 10.5. The van der Waals surface area contributed by atoms with Crippen LogP contribution in [0.25, 0.3) is 5.57 Å². The first-order chi connectivity index (χ1) is 8.74. The van der Waals surface area contributed by atoms with Crippen molar-refractivity contribution in [2.24, 2.45) is 0 Å². The second-order valence-corrected chi connectivity index (χ2v) is 4.88. The summed E-state index contributed by atoms with van der Waals surface area (Å²) in [5.41, 5.74) is 2.72. The molecule has 1 fully saturated rings. The SMILES string of the molecule is CN1CCN(/C=C2/C(=O)Nc3ccccc32)CC1. The molecule has 0 atom stereocenters. The highest BCUT2D eigenvalue weighted by Gasteiger charge is 2.24. The maximum Gasteiger partial charge on any atom is 0.257 e. The number of carbonyl (C=O) groups excluding carboxylic acids is 1. The van der Waals surface area contributed by atoms with E-state index in [0.717, 1.165) is 43.0 Å². The Hall–Kier alpha value is -1.81. The molecule has 2 aliphatic rings. The van der Waals surface area contributed by atoms with Gasteiger partial charge >= 0.3 is 0 Å². The van der Waals surface area contributed by atoms with E-state index < -0.39 is 0 Å². The molecule has 18 heavy (non-hydrogen) atoms. The zero-order valence-corrected chi connectivity index (χ0v) is 10.5. The van der Waals surface area contributed by atoms with E-state index in [1.165, 1.54) is 0 Å². The molecule has 1 aromatic rings. The van der Waals surface area contributed by atoms with E-state index in [4.69, 9.17) is 0 Å². The molecule has 2 aliphatic heterocycles. The van der Waals surface area contributed by atoms with Gasteiger partial charge in [0, 0.05) is 43.6 Å². The molecule has 94 valence electrons. The summed E-state index contributed by atoms with van der Waals surface area (Å²) in [5, 5.41) is 2.90. The van der Waals surface area contributed by atoms with Gasteiger partial charge in [-0.15, -0.1) is 0 Å². The molecule has 0 bridgehead atoms. The van der Waals surface area contributed by atoms with Crippen LogP contribution in [0.1, 0.15) is 5.56 Å². The fourth-order valence-electron chi connectivity index (χ4n) is 2.40. The molecule has 1 aromatic carbocycles. The van der Waals surface area contributed by atoms with Crippen LogP contribution in [0.15, 0.2) is 30.5 Å². The first kappa shape index (κ1) is 11.3. The third kappa shape index (κ3) is 1.99. The Morgan fingerprint density at radius 2 is 1.89 bits per heavy atom. The lowest BCUT2D eigenvalue weighted by atomic mass is 10.1. The van der Waals surface area contributed by atoms with Gasteiger partial charge in [0.05, 0.1) is 5.57 Å². The summed E-state index contributed by atoms with van der Waals surface area (Å²) in [5.74, 6) is 0.00938. The highest BCUT2D eigenvalue weighted by molar-refractivity contribution is 6.31. The minimum Gasteiger partial charge on any atom is -0.374 e. The number of likely N-dealkylation sites (N-methyl/N-ethyl adjacent to an activating group) is 1. The van der Waals surface area contributed by atoms with Crippen LogP contribution in [0, 0.1) is 0 Å². The smallest absolute Gasteiger partial charge is 0.257 e. The van der Waals surface area contributed by atoms with Crippen molar-refractivity contribution in [3.8, 4) is 0 Å². The van der Waals surface area contributed by atoms with Crippen LogP contribution in [0.3, 0.4) is 0 Å². The molecule has 0 radical (unpaired) electrons. The molecule has 4 heteroatoms. The largest absolute Gasteiger partial charge is 0.374 e. The first-order valence-corrected chi connectivity index (χ1v) is 6.29. The van der Waals surface area contributed by atoms with Gasteiger partial charge < -0.3 is 15.1 Å². The van der Waals surface area contributed by atoms with Crippen molar-refractivity contribution in [1.29, 1.82) is 0 Å². The number of nitrogens with zero attached hydrogens (tertiary/aromatic N) is 2. The van der Waals surface area contributed by atoms with Crippen molar-refractivity contribution in [3.05, 3.63) is 36.0 Å². The Kier molecular flexibility index (Phi) is 2.80. The second kappa shape index (κ2) is 4.46. The summed E-state index contributed by atoms with van der Waals surface area (Å²) in [6.07, 6.45) is 2.01.